The molecule has 72 valence electrons. The molecule has 0 aromatic carbocycles. The maximum absolute atomic E-state index is 9.09. The Labute approximate surface area is 75.7 Å². The van der Waals surface area contributed by atoms with Crippen molar-refractivity contribution in [1.82, 2.24) is 5.32 Å². The Morgan fingerprint density at radius 1 is 1.58 bits per heavy atom. The van der Waals surface area contributed by atoms with Gasteiger partial charge in [0.15, 0.2) is 0 Å². The first kappa shape index (κ1) is 11.7. The van der Waals surface area contributed by atoms with Gasteiger partial charge in [0.1, 0.15) is 0 Å². The maximum Gasteiger partial charge on any atom is 0.0496 e. The van der Waals surface area contributed by atoms with Crippen molar-refractivity contribution in [2.45, 2.75) is 27.2 Å². The molecule has 0 heterocycles. The van der Waals surface area contributed by atoms with Crippen LogP contribution >= 0.6 is 0 Å². The van der Waals surface area contributed by atoms with Gasteiger partial charge in [-0.05, 0) is 13.3 Å². The van der Waals surface area contributed by atoms with Crippen LogP contribution in [0.2, 0.25) is 0 Å². The van der Waals surface area contributed by atoms with E-state index in [0.717, 1.165) is 25.1 Å². The lowest BCUT2D eigenvalue weighted by Gasteiger charge is -2.25. The van der Waals surface area contributed by atoms with Crippen LogP contribution in [0.1, 0.15) is 27.2 Å². The number of aliphatic hydroxyl groups is 1. The van der Waals surface area contributed by atoms with E-state index in [1.54, 1.807) is 0 Å². The van der Waals surface area contributed by atoms with E-state index in [2.05, 4.69) is 25.7 Å². The minimum Gasteiger partial charge on any atom is -0.396 e. The molecule has 0 aromatic rings. The van der Waals surface area contributed by atoms with Gasteiger partial charge in [0, 0.05) is 25.1 Å². The highest BCUT2D eigenvalue weighted by Gasteiger charge is 2.19. The molecule has 2 N–H and O–H groups in total. The Morgan fingerprint density at radius 3 is 2.50 bits per heavy atom. The summed E-state index contributed by atoms with van der Waals surface area (Å²) in [5, 5.41) is 12.4. The number of hydrogen-bond acceptors (Lipinski definition) is 2. The maximum atomic E-state index is 9.09. The van der Waals surface area contributed by atoms with Crippen molar-refractivity contribution in [3.63, 3.8) is 0 Å². The Kier molecular flexibility index (Phi) is 5.18. The van der Waals surface area contributed by atoms with Gasteiger partial charge in [-0.25, -0.2) is 0 Å². The van der Waals surface area contributed by atoms with Crippen LogP contribution in [0.15, 0.2) is 12.2 Å². The molecule has 1 atom stereocenters. The van der Waals surface area contributed by atoms with Gasteiger partial charge in [0.2, 0.25) is 0 Å². The van der Waals surface area contributed by atoms with Gasteiger partial charge >= 0.3 is 0 Å². The third-order valence-electron chi connectivity index (χ3n) is 2.21. The fraction of sp³-hybridized carbons (Fsp3) is 0.800. The van der Waals surface area contributed by atoms with Crippen LogP contribution in [0.5, 0.6) is 0 Å². The summed E-state index contributed by atoms with van der Waals surface area (Å²) in [5.74, 6) is 0. The number of aliphatic hydroxyl groups excluding tert-OH is 1. The zero-order chi connectivity index (χ0) is 9.61. The molecular formula is C10H21NO. The summed E-state index contributed by atoms with van der Waals surface area (Å²) in [6.07, 6.45) is 0.993. The van der Waals surface area contributed by atoms with Crippen molar-refractivity contribution in [3.8, 4) is 0 Å². The fourth-order valence-electron chi connectivity index (χ4n) is 0.870. The highest BCUT2D eigenvalue weighted by atomic mass is 16.3. The Bertz CT molecular complexity index is 139. The van der Waals surface area contributed by atoms with E-state index in [4.69, 9.17) is 5.11 Å². The van der Waals surface area contributed by atoms with E-state index in [-0.39, 0.29) is 12.0 Å². The highest BCUT2D eigenvalue weighted by molar-refractivity contribution is 4.91. The SMILES string of the molecule is C=C(C)CNCC(C)(CC)CO. The van der Waals surface area contributed by atoms with Crippen molar-refractivity contribution in [2.75, 3.05) is 19.7 Å². The van der Waals surface area contributed by atoms with Gasteiger partial charge < -0.3 is 10.4 Å². The second-order valence-electron chi connectivity index (χ2n) is 3.88. The summed E-state index contributed by atoms with van der Waals surface area (Å²) in [4.78, 5) is 0. The molecule has 0 fully saturated rings. The van der Waals surface area contributed by atoms with Crippen LogP contribution < -0.4 is 5.32 Å². The van der Waals surface area contributed by atoms with Gasteiger partial charge in [0.05, 0.1) is 0 Å². The first-order valence-corrected chi connectivity index (χ1v) is 4.50. The van der Waals surface area contributed by atoms with E-state index >= 15 is 0 Å². The summed E-state index contributed by atoms with van der Waals surface area (Å²) in [7, 11) is 0. The van der Waals surface area contributed by atoms with Crippen LogP contribution in [0.4, 0.5) is 0 Å². The molecule has 0 bridgehead atoms. The van der Waals surface area contributed by atoms with Gasteiger partial charge in [-0.3, -0.25) is 0 Å². The van der Waals surface area contributed by atoms with E-state index in [1.165, 1.54) is 0 Å². The molecule has 0 aromatic heterocycles. The molecule has 12 heavy (non-hydrogen) atoms. The molecule has 0 aliphatic heterocycles. The van der Waals surface area contributed by atoms with E-state index in [0.29, 0.717) is 0 Å². The predicted octanol–water partition coefficient (Wildman–Crippen LogP) is 1.56. The molecule has 0 aliphatic carbocycles. The molecule has 0 radical (unpaired) electrons. The number of rotatable bonds is 6. The highest BCUT2D eigenvalue weighted by Crippen LogP contribution is 2.18. The summed E-state index contributed by atoms with van der Waals surface area (Å²) in [6, 6.07) is 0. The lowest BCUT2D eigenvalue weighted by molar-refractivity contribution is 0.136. The summed E-state index contributed by atoms with van der Waals surface area (Å²) < 4.78 is 0. The zero-order valence-electron chi connectivity index (χ0n) is 8.48. The lowest BCUT2D eigenvalue weighted by Crippen LogP contribution is -2.34. The zero-order valence-corrected chi connectivity index (χ0v) is 8.48. The van der Waals surface area contributed by atoms with E-state index in [9.17, 15) is 0 Å². The van der Waals surface area contributed by atoms with Crippen LogP contribution in [0, 0.1) is 5.41 Å². The Morgan fingerprint density at radius 2 is 2.17 bits per heavy atom. The largest absolute Gasteiger partial charge is 0.396 e. The monoisotopic (exact) mass is 171 g/mol. The molecule has 0 rings (SSSR count). The van der Waals surface area contributed by atoms with Crippen LogP contribution in [-0.2, 0) is 0 Å². The van der Waals surface area contributed by atoms with Crippen LogP contribution in [-0.4, -0.2) is 24.8 Å². The third-order valence-corrected chi connectivity index (χ3v) is 2.21. The van der Waals surface area contributed by atoms with Crippen molar-refractivity contribution in [2.24, 2.45) is 5.41 Å². The van der Waals surface area contributed by atoms with Gasteiger partial charge in [-0.1, -0.05) is 26.0 Å². The molecule has 0 amide bonds. The average Bonchev–Trinajstić information content (AvgIpc) is 2.03. The van der Waals surface area contributed by atoms with E-state index in [1.807, 2.05) is 6.92 Å². The molecular weight excluding hydrogens is 150 g/mol. The van der Waals surface area contributed by atoms with Gasteiger partial charge in [-0.2, -0.15) is 0 Å². The third kappa shape index (κ3) is 4.52. The molecule has 1 unspecified atom stereocenters. The Hall–Kier alpha value is -0.340. The molecule has 2 heteroatoms. The standard InChI is InChI=1S/C10H21NO/c1-5-10(4,8-12)7-11-6-9(2)3/h11-12H,2,5-8H2,1,3-4H3. The first-order chi connectivity index (χ1) is 5.54. The van der Waals surface area contributed by atoms with Crippen molar-refractivity contribution >= 4 is 0 Å². The lowest BCUT2D eigenvalue weighted by atomic mass is 9.88. The molecule has 0 aliphatic rings. The molecule has 0 saturated heterocycles. The molecule has 0 saturated carbocycles. The molecule has 0 spiro atoms. The predicted molar refractivity (Wildman–Crippen MR) is 53.2 cm³/mol. The average molecular weight is 171 g/mol. The number of nitrogens with one attached hydrogen (secondary N) is 1. The smallest absolute Gasteiger partial charge is 0.0496 e. The van der Waals surface area contributed by atoms with Crippen molar-refractivity contribution in [1.29, 1.82) is 0 Å². The summed E-state index contributed by atoms with van der Waals surface area (Å²) in [6.45, 7) is 11.9. The van der Waals surface area contributed by atoms with Gasteiger partial charge in [0.25, 0.3) is 0 Å². The Balaban J connectivity index is 3.65. The molecule has 2 nitrogen and oxygen atoms in total. The van der Waals surface area contributed by atoms with Crippen molar-refractivity contribution in [3.05, 3.63) is 12.2 Å². The fourth-order valence-corrected chi connectivity index (χ4v) is 0.870. The van der Waals surface area contributed by atoms with Crippen molar-refractivity contribution < 1.29 is 5.11 Å². The summed E-state index contributed by atoms with van der Waals surface area (Å²) >= 11 is 0. The second kappa shape index (κ2) is 5.33. The van der Waals surface area contributed by atoms with Gasteiger partial charge in [-0.15, -0.1) is 0 Å². The first-order valence-electron chi connectivity index (χ1n) is 4.50. The summed E-state index contributed by atoms with van der Waals surface area (Å²) in [5.41, 5.74) is 1.15. The minimum atomic E-state index is 0.0233. The van der Waals surface area contributed by atoms with Crippen LogP contribution in [0.25, 0.3) is 0 Å². The quantitative estimate of drug-likeness (QED) is 0.594. The minimum absolute atomic E-state index is 0.0233. The van der Waals surface area contributed by atoms with E-state index < -0.39 is 0 Å². The number of hydrogen-bond donors (Lipinski definition) is 2. The topological polar surface area (TPSA) is 32.3 Å². The second-order valence-corrected chi connectivity index (χ2v) is 3.88. The van der Waals surface area contributed by atoms with Crippen LogP contribution in [0.3, 0.4) is 0 Å². The normalized spacial score (nSPS) is 15.7.